The van der Waals surface area contributed by atoms with Gasteiger partial charge in [-0.15, -0.1) is 0 Å². The number of hydrogen-bond acceptors (Lipinski definition) is 5. The van der Waals surface area contributed by atoms with Crippen molar-refractivity contribution >= 4 is 11.9 Å². The molecule has 0 aliphatic carbocycles. The number of aromatic nitrogens is 2. The van der Waals surface area contributed by atoms with Gasteiger partial charge >= 0.3 is 5.97 Å². The standard InChI is InChI=1S/C13H21N3O3/c1-9(2)19-11-8-10(3)14-13(15-11)16(4)7-5-6-12(17)18/h8-9H,5-7H2,1-4H3,(H,17,18). The maximum Gasteiger partial charge on any atom is 0.303 e. The van der Waals surface area contributed by atoms with Crippen LogP contribution in [0.3, 0.4) is 0 Å². The summed E-state index contributed by atoms with van der Waals surface area (Å²) in [5.74, 6) is 0.311. The lowest BCUT2D eigenvalue weighted by Crippen LogP contribution is -2.22. The molecular weight excluding hydrogens is 246 g/mol. The van der Waals surface area contributed by atoms with Crippen LogP contribution in [0.4, 0.5) is 5.95 Å². The molecule has 1 rings (SSSR count). The Morgan fingerprint density at radius 2 is 2.16 bits per heavy atom. The Bertz CT molecular complexity index is 435. The number of hydrogen-bond donors (Lipinski definition) is 1. The van der Waals surface area contributed by atoms with E-state index in [0.29, 0.717) is 24.8 Å². The molecule has 0 unspecified atom stereocenters. The molecule has 0 aromatic carbocycles. The van der Waals surface area contributed by atoms with Gasteiger partial charge in [0.15, 0.2) is 0 Å². The number of anilines is 1. The molecule has 0 saturated heterocycles. The van der Waals surface area contributed by atoms with E-state index in [9.17, 15) is 4.79 Å². The molecular formula is C13H21N3O3. The second kappa shape index (κ2) is 6.92. The minimum Gasteiger partial charge on any atom is -0.481 e. The molecule has 0 fully saturated rings. The van der Waals surface area contributed by atoms with E-state index in [1.807, 2.05) is 32.7 Å². The summed E-state index contributed by atoms with van der Waals surface area (Å²) in [5, 5.41) is 8.61. The van der Waals surface area contributed by atoms with E-state index < -0.39 is 5.97 Å². The van der Waals surface area contributed by atoms with Crippen molar-refractivity contribution in [2.24, 2.45) is 0 Å². The van der Waals surface area contributed by atoms with Crippen LogP contribution in [-0.2, 0) is 4.79 Å². The van der Waals surface area contributed by atoms with Crippen LogP contribution in [0, 0.1) is 6.92 Å². The predicted octanol–water partition coefficient (Wildman–Crippen LogP) is 1.87. The Morgan fingerprint density at radius 3 is 2.74 bits per heavy atom. The zero-order valence-corrected chi connectivity index (χ0v) is 11.9. The van der Waals surface area contributed by atoms with E-state index in [2.05, 4.69) is 9.97 Å². The minimum atomic E-state index is -0.789. The summed E-state index contributed by atoms with van der Waals surface area (Å²) in [6.07, 6.45) is 0.758. The van der Waals surface area contributed by atoms with Crippen LogP contribution >= 0.6 is 0 Å². The maximum absolute atomic E-state index is 10.5. The summed E-state index contributed by atoms with van der Waals surface area (Å²) < 4.78 is 5.56. The molecule has 0 radical (unpaired) electrons. The van der Waals surface area contributed by atoms with Gasteiger partial charge in [0.25, 0.3) is 0 Å². The van der Waals surface area contributed by atoms with Crippen LogP contribution in [-0.4, -0.2) is 40.7 Å². The summed E-state index contributed by atoms with van der Waals surface area (Å²) in [6, 6.07) is 1.79. The molecule has 1 heterocycles. The van der Waals surface area contributed by atoms with Gasteiger partial charge in [-0.3, -0.25) is 4.79 Å². The Morgan fingerprint density at radius 1 is 1.47 bits per heavy atom. The van der Waals surface area contributed by atoms with Gasteiger partial charge in [-0.25, -0.2) is 4.98 Å². The lowest BCUT2D eigenvalue weighted by atomic mass is 10.3. The van der Waals surface area contributed by atoms with E-state index in [1.165, 1.54) is 0 Å². The first-order chi connectivity index (χ1) is 8.88. The summed E-state index contributed by atoms with van der Waals surface area (Å²) in [4.78, 5) is 21.0. The summed E-state index contributed by atoms with van der Waals surface area (Å²) in [5.41, 5.74) is 0.825. The number of carboxylic acids is 1. The van der Waals surface area contributed by atoms with Gasteiger partial charge in [0.2, 0.25) is 11.8 Å². The van der Waals surface area contributed by atoms with Crippen molar-refractivity contribution in [3.63, 3.8) is 0 Å². The topological polar surface area (TPSA) is 75.5 Å². The van der Waals surface area contributed by atoms with Gasteiger partial charge in [0, 0.05) is 31.8 Å². The van der Waals surface area contributed by atoms with Crippen LogP contribution in [0.2, 0.25) is 0 Å². The van der Waals surface area contributed by atoms with Crippen LogP contribution < -0.4 is 9.64 Å². The largest absolute Gasteiger partial charge is 0.481 e. The number of nitrogens with zero attached hydrogens (tertiary/aromatic N) is 3. The smallest absolute Gasteiger partial charge is 0.303 e. The third-order valence-corrected chi connectivity index (χ3v) is 2.40. The first-order valence-electron chi connectivity index (χ1n) is 6.33. The Kier molecular flexibility index (Phi) is 5.54. The second-order valence-electron chi connectivity index (χ2n) is 4.73. The molecule has 0 aliphatic rings. The van der Waals surface area contributed by atoms with E-state index in [-0.39, 0.29) is 12.5 Å². The molecule has 0 aliphatic heterocycles. The van der Waals surface area contributed by atoms with Crippen molar-refractivity contribution in [2.45, 2.75) is 39.7 Å². The van der Waals surface area contributed by atoms with Crippen molar-refractivity contribution in [1.29, 1.82) is 0 Å². The number of ether oxygens (including phenoxy) is 1. The summed E-state index contributed by atoms with van der Waals surface area (Å²) in [6.45, 7) is 6.35. The van der Waals surface area contributed by atoms with Gasteiger partial charge in [0.05, 0.1) is 6.10 Å². The van der Waals surface area contributed by atoms with Crippen molar-refractivity contribution in [2.75, 3.05) is 18.5 Å². The van der Waals surface area contributed by atoms with Gasteiger partial charge < -0.3 is 14.7 Å². The molecule has 1 aromatic heterocycles. The molecule has 106 valence electrons. The molecule has 0 bridgehead atoms. The molecule has 0 amide bonds. The monoisotopic (exact) mass is 267 g/mol. The Hall–Kier alpha value is -1.85. The second-order valence-corrected chi connectivity index (χ2v) is 4.73. The van der Waals surface area contributed by atoms with Crippen molar-refractivity contribution in [3.8, 4) is 5.88 Å². The zero-order chi connectivity index (χ0) is 14.4. The van der Waals surface area contributed by atoms with E-state index in [1.54, 1.807) is 6.07 Å². The van der Waals surface area contributed by atoms with Crippen LogP contribution in [0.5, 0.6) is 5.88 Å². The van der Waals surface area contributed by atoms with Crippen LogP contribution in [0.1, 0.15) is 32.4 Å². The van der Waals surface area contributed by atoms with Crippen LogP contribution in [0.25, 0.3) is 0 Å². The highest BCUT2D eigenvalue weighted by Crippen LogP contribution is 2.16. The molecule has 6 nitrogen and oxygen atoms in total. The molecule has 6 heteroatoms. The first kappa shape index (κ1) is 15.2. The summed E-state index contributed by atoms with van der Waals surface area (Å²) >= 11 is 0. The van der Waals surface area contributed by atoms with E-state index >= 15 is 0 Å². The Balaban J connectivity index is 2.70. The van der Waals surface area contributed by atoms with Gasteiger partial charge in [0.1, 0.15) is 0 Å². The molecule has 19 heavy (non-hydrogen) atoms. The predicted molar refractivity (Wildman–Crippen MR) is 72.7 cm³/mol. The number of rotatable bonds is 7. The average Bonchev–Trinajstić information content (AvgIpc) is 2.26. The number of carbonyl (C=O) groups is 1. The highest BCUT2D eigenvalue weighted by molar-refractivity contribution is 5.66. The molecule has 0 saturated carbocycles. The fourth-order valence-electron chi connectivity index (χ4n) is 1.56. The lowest BCUT2D eigenvalue weighted by Gasteiger charge is -2.18. The Labute approximate surface area is 113 Å². The van der Waals surface area contributed by atoms with Crippen molar-refractivity contribution < 1.29 is 14.6 Å². The molecule has 1 N–H and O–H groups in total. The maximum atomic E-state index is 10.5. The SMILES string of the molecule is Cc1cc(OC(C)C)nc(N(C)CCCC(=O)O)n1. The fraction of sp³-hybridized carbons (Fsp3) is 0.615. The molecule has 0 atom stereocenters. The normalized spacial score (nSPS) is 10.6. The zero-order valence-electron chi connectivity index (χ0n) is 11.9. The van der Waals surface area contributed by atoms with Gasteiger partial charge in [-0.1, -0.05) is 0 Å². The van der Waals surface area contributed by atoms with E-state index in [4.69, 9.17) is 9.84 Å². The quantitative estimate of drug-likeness (QED) is 0.813. The number of aryl methyl sites for hydroxylation is 1. The van der Waals surface area contributed by atoms with Gasteiger partial charge in [-0.2, -0.15) is 4.98 Å². The van der Waals surface area contributed by atoms with Gasteiger partial charge in [-0.05, 0) is 27.2 Å². The minimum absolute atomic E-state index is 0.0551. The third-order valence-electron chi connectivity index (χ3n) is 2.40. The molecule has 1 aromatic rings. The lowest BCUT2D eigenvalue weighted by molar-refractivity contribution is -0.137. The van der Waals surface area contributed by atoms with Crippen LogP contribution in [0.15, 0.2) is 6.07 Å². The first-order valence-corrected chi connectivity index (χ1v) is 6.33. The third kappa shape index (κ3) is 5.54. The number of aliphatic carboxylic acids is 1. The van der Waals surface area contributed by atoms with E-state index in [0.717, 1.165) is 5.69 Å². The molecule has 0 spiro atoms. The highest BCUT2D eigenvalue weighted by atomic mass is 16.5. The average molecular weight is 267 g/mol. The highest BCUT2D eigenvalue weighted by Gasteiger charge is 2.09. The number of carboxylic acid groups (broad SMARTS) is 1. The van der Waals surface area contributed by atoms with Crippen molar-refractivity contribution in [3.05, 3.63) is 11.8 Å². The summed E-state index contributed by atoms with van der Waals surface area (Å²) in [7, 11) is 1.84. The fourth-order valence-corrected chi connectivity index (χ4v) is 1.56. The van der Waals surface area contributed by atoms with Crippen molar-refractivity contribution in [1.82, 2.24) is 9.97 Å².